The van der Waals surface area contributed by atoms with E-state index in [0.717, 1.165) is 22.6 Å². The van der Waals surface area contributed by atoms with Crippen molar-refractivity contribution in [2.24, 2.45) is 4.99 Å². The van der Waals surface area contributed by atoms with Crippen molar-refractivity contribution in [3.63, 3.8) is 0 Å². The first-order chi connectivity index (χ1) is 14.2. The molecule has 7 nitrogen and oxygen atoms in total. The molecule has 0 heterocycles. The van der Waals surface area contributed by atoms with Crippen LogP contribution in [0.25, 0.3) is 0 Å². The predicted molar refractivity (Wildman–Crippen MR) is 115 cm³/mol. The number of rotatable bonds is 10. The number of hydrogen-bond donors (Lipinski definition) is 3. The van der Waals surface area contributed by atoms with Crippen molar-refractivity contribution in [3.05, 3.63) is 72.3 Å². The molecule has 1 amide bonds. The number of carbonyl (C=O) groups is 1. The maximum absolute atomic E-state index is 12.1. The van der Waals surface area contributed by atoms with Gasteiger partial charge in [-0.25, -0.2) is 0 Å². The van der Waals surface area contributed by atoms with Crippen LogP contribution in [0.5, 0.6) is 11.5 Å². The Balaban J connectivity index is 1.77. The monoisotopic (exact) mass is 396 g/mol. The van der Waals surface area contributed by atoms with E-state index in [1.54, 1.807) is 20.2 Å². The maximum atomic E-state index is 12.1. The smallest absolute Gasteiger partial charge is 0.239 e. The molecule has 0 saturated heterocycles. The van der Waals surface area contributed by atoms with Crippen LogP contribution >= 0.6 is 0 Å². The third kappa shape index (κ3) is 7.57. The number of nitrogens with zero attached hydrogens (tertiary/aromatic N) is 1. The van der Waals surface area contributed by atoms with Crippen molar-refractivity contribution in [3.8, 4) is 11.5 Å². The largest absolute Gasteiger partial charge is 0.497 e. The molecule has 2 aromatic carbocycles. The minimum absolute atomic E-state index is 0.116. The van der Waals surface area contributed by atoms with Gasteiger partial charge in [-0.1, -0.05) is 43.0 Å². The topological polar surface area (TPSA) is 84.0 Å². The van der Waals surface area contributed by atoms with Crippen molar-refractivity contribution in [1.82, 2.24) is 16.0 Å². The molecular weight excluding hydrogens is 368 g/mol. The van der Waals surface area contributed by atoms with Gasteiger partial charge in [-0.2, -0.15) is 0 Å². The highest BCUT2D eigenvalue weighted by molar-refractivity contribution is 5.86. The fourth-order valence-corrected chi connectivity index (χ4v) is 2.51. The molecule has 0 aliphatic carbocycles. The highest BCUT2D eigenvalue weighted by Crippen LogP contribution is 2.17. The molecule has 0 atom stereocenters. The summed E-state index contributed by atoms with van der Waals surface area (Å²) in [5, 5.41) is 9.06. The average Bonchev–Trinajstić information content (AvgIpc) is 2.77. The van der Waals surface area contributed by atoms with Gasteiger partial charge < -0.3 is 25.4 Å². The number of para-hydroxylation sites is 1. The minimum Gasteiger partial charge on any atom is -0.497 e. The van der Waals surface area contributed by atoms with Crippen molar-refractivity contribution >= 4 is 11.9 Å². The second kappa shape index (κ2) is 12.1. The molecule has 7 heteroatoms. The lowest BCUT2D eigenvalue weighted by Crippen LogP contribution is -2.42. The van der Waals surface area contributed by atoms with Gasteiger partial charge in [0.15, 0.2) is 5.96 Å². The normalized spacial score (nSPS) is 10.8. The van der Waals surface area contributed by atoms with Crippen molar-refractivity contribution in [2.75, 3.05) is 27.3 Å². The zero-order chi connectivity index (χ0) is 20.9. The fourth-order valence-electron chi connectivity index (χ4n) is 2.51. The quantitative estimate of drug-likeness (QED) is 0.326. The first-order valence-corrected chi connectivity index (χ1v) is 9.32. The summed E-state index contributed by atoms with van der Waals surface area (Å²) in [6.07, 6.45) is 1.70. The molecule has 0 radical (unpaired) electrons. The van der Waals surface area contributed by atoms with Gasteiger partial charge >= 0.3 is 0 Å². The number of guanidine groups is 1. The van der Waals surface area contributed by atoms with Crippen LogP contribution in [0.4, 0.5) is 0 Å². The summed E-state index contributed by atoms with van der Waals surface area (Å²) in [5.41, 5.74) is 1.99. The van der Waals surface area contributed by atoms with Crippen molar-refractivity contribution in [2.45, 2.75) is 13.1 Å². The summed E-state index contributed by atoms with van der Waals surface area (Å²) in [5.74, 6) is 1.97. The number of amides is 1. The Kier molecular flexibility index (Phi) is 9.08. The van der Waals surface area contributed by atoms with E-state index in [1.165, 1.54) is 0 Å². The highest BCUT2D eigenvalue weighted by atomic mass is 16.5. The Morgan fingerprint density at radius 3 is 2.52 bits per heavy atom. The van der Waals surface area contributed by atoms with Crippen LogP contribution in [-0.4, -0.2) is 39.2 Å². The molecule has 2 rings (SSSR count). The van der Waals surface area contributed by atoms with E-state index in [4.69, 9.17) is 9.47 Å². The number of aliphatic imine (C=N–C) groups is 1. The number of nitrogens with one attached hydrogen (secondary N) is 3. The van der Waals surface area contributed by atoms with E-state index in [0.29, 0.717) is 25.7 Å². The molecule has 0 saturated carbocycles. The van der Waals surface area contributed by atoms with Crippen LogP contribution in [0.2, 0.25) is 0 Å². The zero-order valence-corrected chi connectivity index (χ0v) is 16.9. The molecular formula is C22H28N4O3. The molecule has 0 bridgehead atoms. The Morgan fingerprint density at radius 1 is 1.07 bits per heavy atom. The van der Waals surface area contributed by atoms with Gasteiger partial charge in [0.25, 0.3) is 0 Å². The Labute approximate surface area is 171 Å². The molecule has 0 aliphatic rings. The van der Waals surface area contributed by atoms with Gasteiger partial charge in [0.2, 0.25) is 5.91 Å². The fraction of sp³-hybridized carbons (Fsp3) is 0.273. The van der Waals surface area contributed by atoms with Crippen molar-refractivity contribution in [1.29, 1.82) is 0 Å². The Bertz CT molecular complexity index is 819. The minimum atomic E-state index is -0.126. The van der Waals surface area contributed by atoms with E-state index >= 15 is 0 Å². The lowest BCUT2D eigenvalue weighted by molar-refractivity contribution is -0.120. The molecule has 0 unspecified atom stereocenters. The number of methoxy groups -OCH3 is 1. The second-order valence-corrected chi connectivity index (χ2v) is 6.11. The lowest BCUT2D eigenvalue weighted by atomic mass is 10.2. The van der Waals surface area contributed by atoms with Crippen LogP contribution in [0.1, 0.15) is 11.1 Å². The van der Waals surface area contributed by atoms with Gasteiger partial charge in [-0.15, -0.1) is 0 Å². The molecule has 0 spiro atoms. The molecule has 0 fully saturated rings. The first-order valence-electron chi connectivity index (χ1n) is 9.32. The summed E-state index contributed by atoms with van der Waals surface area (Å²) >= 11 is 0. The number of ether oxygens (including phenoxy) is 2. The van der Waals surface area contributed by atoms with Gasteiger partial charge in [0, 0.05) is 25.7 Å². The van der Waals surface area contributed by atoms with Gasteiger partial charge in [-0.3, -0.25) is 9.79 Å². The van der Waals surface area contributed by atoms with E-state index in [-0.39, 0.29) is 12.5 Å². The van der Waals surface area contributed by atoms with Crippen LogP contribution in [0.3, 0.4) is 0 Å². The summed E-state index contributed by atoms with van der Waals surface area (Å²) in [4.78, 5) is 16.2. The standard InChI is InChI=1S/C22H28N4O3/c1-4-13-29-20-8-6-5-7-18(20)15-25-22(23-2)26-16-21(27)24-14-17-9-11-19(28-3)12-10-17/h4-12H,1,13-16H2,2-3H3,(H,24,27)(H2,23,25,26). The average molecular weight is 396 g/mol. The van der Waals surface area contributed by atoms with Crippen LogP contribution < -0.4 is 25.4 Å². The summed E-state index contributed by atoms with van der Waals surface area (Å²) in [7, 11) is 3.28. The third-order valence-corrected chi connectivity index (χ3v) is 4.06. The molecule has 154 valence electrons. The van der Waals surface area contributed by atoms with E-state index in [9.17, 15) is 4.79 Å². The number of carbonyl (C=O) groups excluding carboxylic acids is 1. The third-order valence-electron chi connectivity index (χ3n) is 4.06. The highest BCUT2D eigenvalue weighted by Gasteiger charge is 2.06. The van der Waals surface area contributed by atoms with Crippen LogP contribution in [0.15, 0.2) is 66.2 Å². The molecule has 0 aliphatic heterocycles. The molecule has 29 heavy (non-hydrogen) atoms. The summed E-state index contributed by atoms with van der Waals surface area (Å²) < 4.78 is 10.8. The van der Waals surface area contributed by atoms with Crippen LogP contribution in [-0.2, 0) is 17.9 Å². The molecule has 2 aromatic rings. The first kappa shape index (κ1) is 21.8. The van der Waals surface area contributed by atoms with Crippen molar-refractivity contribution < 1.29 is 14.3 Å². The van der Waals surface area contributed by atoms with E-state index in [2.05, 4.69) is 27.5 Å². The zero-order valence-electron chi connectivity index (χ0n) is 16.9. The summed E-state index contributed by atoms with van der Waals surface area (Å²) in [6, 6.07) is 15.3. The molecule has 0 aromatic heterocycles. The predicted octanol–water partition coefficient (Wildman–Crippen LogP) is 2.24. The Hall–Kier alpha value is -3.48. The van der Waals surface area contributed by atoms with E-state index in [1.807, 2.05) is 48.5 Å². The van der Waals surface area contributed by atoms with Gasteiger partial charge in [-0.05, 0) is 23.8 Å². The van der Waals surface area contributed by atoms with Gasteiger partial charge in [0.1, 0.15) is 18.1 Å². The lowest BCUT2D eigenvalue weighted by Gasteiger charge is -2.14. The molecule has 3 N–H and O–H groups in total. The number of hydrogen-bond acceptors (Lipinski definition) is 4. The second-order valence-electron chi connectivity index (χ2n) is 6.11. The number of benzene rings is 2. The maximum Gasteiger partial charge on any atom is 0.239 e. The van der Waals surface area contributed by atoms with Gasteiger partial charge in [0.05, 0.1) is 13.7 Å². The summed E-state index contributed by atoms with van der Waals surface area (Å²) in [6.45, 7) is 5.18. The van der Waals surface area contributed by atoms with Crippen LogP contribution in [0, 0.1) is 0 Å². The Morgan fingerprint density at radius 2 is 1.83 bits per heavy atom. The van der Waals surface area contributed by atoms with E-state index < -0.39 is 0 Å². The SMILES string of the molecule is C=CCOc1ccccc1CNC(=NC)NCC(=O)NCc1ccc(OC)cc1.